The SMILES string of the molecule is CC(C)n1nc(-c2cc(OCC(F)F)ncc2F)c2ncc(C(=O)CC3(C)CS(=O)(=O)C3)cc21. The summed E-state index contributed by atoms with van der Waals surface area (Å²) in [6.07, 6.45) is -0.436. The summed E-state index contributed by atoms with van der Waals surface area (Å²) in [7, 11) is -3.09. The zero-order valence-corrected chi connectivity index (χ0v) is 19.6. The maximum atomic E-state index is 14.6. The number of ketones is 1. The van der Waals surface area contributed by atoms with Crippen molar-refractivity contribution in [2.45, 2.75) is 39.7 Å². The van der Waals surface area contributed by atoms with Gasteiger partial charge >= 0.3 is 0 Å². The van der Waals surface area contributed by atoms with Gasteiger partial charge in [0.15, 0.2) is 28.0 Å². The Kier molecular flexibility index (Phi) is 6.13. The summed E-state index contributed by atoms with van der Waals surface area (Å²) in [4.78, 5) is 20.9. The van der Waals surface area contributed by atoms with E-state index in [0.717, 1.165) is 6.20 Å². The molecule has 0 unspecified atom stereocenters. The lowest BCUT2D eigenvalue weighted by atomic mass is 9.86. The average molecular weight is 497 g/mol. The highest BCUT2D eigenvalue weighted by molar-refractivity contribution is 7.92. The second-order valence-electron chi connectivity index (χ2n) is 9.13. The fourth-order valence-electron chi connectivity index (χ4n) is 4.19. The molecular weight excluding hydrogens is 473 g/mol. The van der Waals surface area contributed by atoms with Crippen LogP contribution in [0.25, 0.3) is 22.3 Å². The largest absolute Gasteiger partial charge is 0.472 e. The Morgan fingerprint density at radius 3 is 2.53 bits per heavy atom. The molecule has 3 aromatic heterocycles. The minimum Gasteiger partial charge on any atom is -0.472 e. The number of hydrogen-bond donors (Lipinski definition) is 0. The van der Waals surface area contributed by atoms with Gasteiger partial charge in [-0.2, -0.15) is 5.10 Å². The maximum absolute atomic E-state index is 14.6. The van der Waals surface area contributed by atoms with Crippen molar-refractivity contribution in [3.8, 4) is 17.1 Å². The fourth-order valence-corrected chi connectivity index (χ4v) is 6.43. The van der Waals surface area contributed by atoms with Gasteiger partial charge in [-0.05, 0) is 19.9 Å². The van der Waals surface area contributed by atoms with E-state index in [2.05, 4.69) is 15.1 Å². The molecular formula is C22H23F3N4O4S. The smallest absolute Gasteiger partial charge is 0.272 e. The third-order valence-electron chi connectivity index (χ3n) is 5.52. The molecule has 182 valence electrons. The molecule has 0 spiro atoms. The number of pyridine rings is 2. The topological polar surface area (TPSA) is 104 Å². The molecule has 1 saturated heterocycles. The lowest BCUT2D eigenvalue weighted by molar-refractivity contribution is 0.0795. The number of carbonyl (C=O) groups is 1. The van der Waals surface area contributed by atoms with Gasteiger partial charge in [-0.25, -0.2) is 26.6 Å². The quantitative estimate of drug-likeness (QED) is 0.436. The molecule has 34 heavy (non-hydrogen) atoms. The van der Waals surface area contributed by atoms with Crippen LogP contribution in [0.3, 0.4) is 0 Å². The summed E-state index contributed by atoms with van der Waals surface area (Å²) in [6, 6.07) is 2.62. The Morgan fingerprint density at radius 1 is 1.21 bits per heavy atom. The lowest BCUT2D eigenvalue weighted by Gasteiger charge is -2.37. The van der Waals surface area contributed by atoms with E-state index in [-0.39, 0.29) is 46.9 Å². The molecule has 0 radical (unpaired) electrons. The van der Waals surface area contributed by atoms with Crippen LogP contribution in [0.2, 0.25) is 0 Å². The Bertz CT molecular complexity index is 1360. The summed E-state index contributed by atoms with van der Waals surface area (Å²) in [5.74, 6) is -1.23. The summed E-state index contributed by atoms with van der Waals surface area (Å²) < 4.78 is 69.2. The number of halogens is 3. The van der Waals surface area contributed by atoms with Crippen LogP contribution in [0, 0.1) is 11.2 Å². The number of rotatable bonds is 8. The molecule has 3 aromatic rings. The summed E-state index contributed by atoms with van der Waals surface area (Å²) in [6.45, 7) is 4.58. The number of carbonyl (C=O) groups excluding carboxylic acids is 1. The van der Waals surface area contributed by atoms with E-state index in [1.54, 1.807) is 17.7 Å². The zero-order valence-electron chi connectivity index (χ0n) is 18.8. The van der Waals surface area contributed by atoms with E-state index in [9.17, 15) is 26.4 Å². The minimum atomic E-state index is -3.09. The summed E-state index contributed by atoms with van der Waals surface area (Å²) in [5, 5.41) is 4.47. The maximum Gasteiger partial charge on any atom is 0.272 e. The Hall–Kier alpha value is -3.02. The highest BCUT2D eigenvalue weighted by Gasteiger charge is 2.45. The fraction of sp³-hybridized carbons (Fsp3) is 0.455. The van der Waals surface area contributed by atoms with Crippen molar-refractivity contribution in [3.05, 3.63) is 35.9 Å². The molecule has 1 aliphatic heterocycles. The van der Waals surface area contributed by atoms with Crippen LogP contribution in [0.5, 0.6) is 5.88 Å². The first-order valence-electron chi connectivity index (χ1n) is 10.6. The first kappa shape index (κ1) is 24.1. The van der Waals surface area contributed by atoms with E-state index >= 15 is 0 Å². The Morgan fingerprint density at radius 2 is 1.91 bits per heavy atom. The van der Waals surface area contributed by atoms with Gasteiger partial charge in [0, 0.05) is 41.3 Å². The van der Waals surface area contributed by atoms with E-state index in [0.29, 0.717) is 16.6 Å². The highest BCUT2D eigenvalue weighted by atomic mass is 32.2. The van der Waals surface area contributed by atoms with E-state index in [1.165, 1.54) is 12.3 Å². The number of sulfone groups is 1. The van der Waals surface area contributed by atoms with Crippen LogP contribution in [-0.4, -0.2) is 58.5 Å². The van der Waals surface area contributed by atoms with Crippen LogP contribution in [-0.2, 0) is 9.84 Å². The molecule has 4 heterocycles. The molecule has 12 heteroatoms. The van der Waals surface area contributed by atoms with Crippen molar-refractivity contribution >= 4 is 26.7 Å². The summed E-state index contributed by atoms with van der Waals surface area (Å²) >= 11 is 0. The molecule has 0 amide bonds. The highest BCUT2D eigenvalue weighted by Crippen LogP contribution is 2.37. The molecule has 0 aliphatic carbocycles. The van der Waals surface area contributed by atoms with Crippen molar-refractivity contribution in [2.75, 3.05) is 18.1 Å². The number of alkyl halides is 2. The van der Waals surface area contributed by atoms with Gasteiger partial charge < -0.3 is 4.74 Å². The van der Waals surface area contributed by atoms with Gasteiger partial charge in [0.25, 0.3) is 6.43 Å². The molecule has 1 aliphatic rings. The first-order chi connectivity index (χ1) is 15.9. The standard InChI is InChI=1S/C22H23F3N4O4S/c1-12(2)29-16-4-13(17(30)6-22(3)10-34(31,32)11-22)7-27-21(16)20(28-29)14-5-19(26-8-15(14)23)33-9-18(24)25/h4-5,7-8,12,18H,6,9-11H2,1-3H3. The van der Waals surface area contributed by atoms with Crippen LogP contribution in [0.15, 0.2) is 24.5 Å². The van der Waals surface area contributed by atoms with Crippen LogP contribution in [0.4, 0.5) is 13.2 Å². The van der Waals surface area contributed by atoms with Crippen LogP contribution < -0.4 is 4.74 Å². The molecule has 1 fully saturated rings. The molecule has 0 atom stereocenters. The Labute approximate surface area is 194 Å². The van der Waals surface area contributed by atoms with Gasteiger partial charge in [0.05, 0.1) is 23.2 Å². The monoisotopic (exact) mass is 496 g/mol. The van der Waals surface area contributed by atoms with Crippen molar-refractivity contribution in [3.63, 3.8) is 0 Å². The third kappa shape index (κ3) is 4.77. The normalized spacial score (nSPS) is 16.7. The van der Waals surface area contributed by atoms with Gasteiger partial charge in [0.1, 0.15) is 11.2 Å². The summed E-state index contributed by atoms with van der Waals surface area (Å²) in [5.41, 5.74) is 0.607. The first-order valence-corrected chi connectivity index (χ1v) is 12.4. The number of ether oxygens (including phenoxy) is 1. The molecule has 8 nitrogen and oxygen atoms in total. The predicted octanol–water partition coefficient (Wildman–Crippen LogP) is 3.86. The lowest BCUT2D eigenvalue weighted by Crippen LogP contribution is -2.47. The van der Waals surface area contributed by atoms with Crippen molar-refractivity contribution < 1.29 is 31.1 Å². The molecule has 0 N–H and O–H groups in total. The minimum absolute atomic E-state index is 0.0255. The van der Waals surface area contributed by atoms with Crippen LogP contribution >= 0.6 is 0 Å². The van der Waals surface area contributed by atoms with Gasteiger partial charge in [-0.15, -0.1) is 0 Å². The molecule has 0 saturated carbocycles. The average Bonchev–Trinajstić information content (AvgIpc) is 3.10. The molecule has 0 bridgehead atoms. The van der Waals surface area contributed by atoms with Gasteiger partial charge in [0.2, 0.25) is 5.88 Å². The molecule has 0 aromatic carbocycles. The Balaban J connectivity index is 1.72. The van der Waals surface area contributed by atoms with Crippen molar-refractivity contribution in [2.24, 2.45) is 5.41 Å². The van der Waals surface area contributed by atoms with Gasteiger partial charge in [-0.3, -0.25) is 14.5 Å². The second-order valence-corrected chi connectivity index (χ2v) is 11.2. The van der Waals surface area contributed by atoms with Gasteiger partial charge in [-0.1, -0.05) is 6.92 Å². The van der Waals surface area contributed by atoms with Crippen LogP contribution in [0.1, 0.15) is 43.6 Å². The van der Waals surface area contributed by atoms with Crippen molar-refractivity contribution in [1.29, 1.82) is 0 Å². The molecule has 4 rings (SSSR count). The number of fused-ring (bicyclic) bond motifs is 1. The van der Waals surface area contributed by atoms with Crippen molar-refractivity contribution in [1.82, 2.24) is 19.7 Å². The number of hydrogen-bond acceptors (Lipinski definition) is 7. The third-order valence-corrected chi connectivity index (χ3v) is 7.80. The number of nitrogens with zero attached hydrogens (tertiary/aromatic N) is 4. The predicted molar refractivity (Wildman–Crippen MR) is 118 cm³/mol. The second kappa shape index (κ2) is 8.64. The number of Topliss-reactive ketones (excluding diaryl/α,β-unsaturated/α-hetero) is 1. The zero-order chi connectivity index (χ0) is 24.8. The van der Waals surface area contributed by atoms with E-state index < -0.39 is 34.1 Å². The number of aromatic nitrogens is 4. The van der Waals surface area contributed by atoms with E-state index in [4.69, 9.17) is 4.74 Å². The van der Waals surface area contributed by atoms with E-state index in [1.807, 2.05) is 13.8 Å².